The molecule has 10 heteroatoms. The Morgan fingerprint density at radius 1 is 0.800 bits per heavy atom. The Balaban J connectivity index is 1.53. The van der Waals surface area contributed by atoms with Crippen LogP contribution in [0.15, 0.2) is 77.5 Å². The number of hydrogen-bond acceptors (Lipinski definition) is 5. The summed E-state index contributed by atoms with van der Waals surface area (Å²) in [5.41, 5.74) is 1.63. The Morgan fingerprint density at radius 2 is 1.49 bits per heavy atom. The van der Waals surface area contributed by atoms with Crippen molar-refractivity contribution in [3.8, 4) is 0 Å². The summed E-state index contributed by atoms with van der Waals surface area (Å²) in [5, 5.41) is 5.45. The molecule has 0 aromatic heterocycles. The molecule has 0 fully saturated rings. The van der Waals surface area contributed by atoms with Crippen molar-refractivity contribution in [2.24, 2.45) is 0 Å². The molecule has 0 unspecified atom stereocenters. The van der Waals surface area contributed by atoms with Crippen LogP contribution in [0.2, 0.25) is 10.0 Å². The van der Waals surface area contributed by atoms with Crippen LogP contribution in [-0.2, 0) is 9.59 Å². The summed E-state index contributed by atoms with van der Waals surface area (Å²) < 4.78 is 0. The van der Waals surface area contributed by atoms with Crippen molar-refractivity contribution in [1.29, 1.82) is 0 Å². The smallest absolute Gasteiger partial charge is 0.283 e. The van der Waals surface area contributed by atoms with E-state index in [1.165, 1.54) is 25.1 Å². The highest BCUT2D eigenvalue weighted by molar-refractivity contribution is 6.54. The van der Waals surface area contributed by atoms with Crippen molar-refractivity contribution in [3.05, 3.63) is 98.6 Å². The van der Waals surface area contributed by atoms with Gasteiger partial charge in [0.1, 0.15) is 10.7 Å². The number of nitrogens with one attached hydrogen (secondary N) is 2. The Hall–Kier alpha value is -3.65. The molecule has 2 N–H and O–H groups in total. The van der Waals surface area contributed by atoms with Crippen LogP contribution in [0.4, 0.5) is 17.1 Å². The first-order chi connectivity index (χ1) is 16.7. The van der Waals surface area contributed by atoms with E-state index in [0.29, 0.717) is 16.9 Å². The van der Waals surface area contributed by atoms with E-state index >= 15 is 0 Å². The molecule has 176 valence electrons. The van der Waals surface area contributed by atoms with Crippen molar-refractivity contribution in [2.75, 3.05) is 15.5 Å². The van der Waals surface area contributed by atoms with Crippen molar-refractivity contribution in [3.63, 3.8) is 0 Å². The predicted molar refractivity (Wildman–Crippen MR) is 136 cm³/mol. The van der Waals surface area contributed by atoms with Crippen LogP contribution in [0, 0.1) is 0 Å². The van der Waals surface area contributed by atoms with Crippen molar-refractivity contribution < 1.29 is 19.2 Å². The lowest BCUT2D eigenvalue weighted by Crippen LogP contribution is -2.32. The van der Waals surface area contributed by atoms with E-state index in [1.54, 1.807) is 48.5 Å². The number of ketones is 1. The highest BCUT2D eigenvalue weighted by Crippen LogP contribution is 2.37. The average molecular weight is 529 g/mol. The number of rotatable bonds is 6. The zero-order chi connectivity index (χ0) is 25.3. The monoisotopic (exact) mass is 527 g/mol. The molecular formula is C25H16Cl3N3O4. The second-order valence-corrected chi connectivity index (χ2v) is 8.66. The number of nitrogens with zero attached hydrogens (tertiary/aromatic N) is 1. The van der Waals surface area contributed by atoms with E-state index in [4.69, 9.17) is 34.8 Å². The molecule has 0 saturated carbocycles. The molecule has 1 heterocycles. The van der Waals surface area contributed by atoms with Crippen LogP contribution < -0.4 is 15.5 Å². The third kappa shape index (κ3) is 4.93. The molecule has 0 atom stereocenters. The number of anilines is 3. The summed E-state index contributed by atoms with van der Waals surface area (Å²) >= 11 is 18.4. The van der Waals surface area contributed by atoms with E-state index in [1.807, 2.05) is 0 Å². The van der Waals surface area contributed by atoms with Crippen LogP contribution in [-0.4, -0.2) is 23.5 Å². The lowest BCUT2D eigenvalue weighted by Gasteiger charge is -2.17. The molecule has 4 rings (SSSR count). The molecule has 0 spiro atoms. The van der Waals surface area contributed by atoms with E-state index in [9.17, 15) is 19.2 Å². The number of imide groups is 1. The number of carbonyl (C=O) groups is 4. The van der Waals surface area contributed by atoms with E-state index in [0.717, 1.165) is 4.90 Å². The SMILES string of the molecule is CC(=O)c1ccc(NC(=O)c2cccc(NC3=C(Cl)C(=O)N(c4cccc(Cl)c4Cl)C3=O)c2)cc1. The molecule has 1 aliphatic heterocycles. The van der Waals surface area contributed by atoms with E-state index < -0.39 is 17.7 Å². The normalized spacial score (nSPS) is 13.3. The molecule has 3 aromatic rings. The second-order valence-electron chi connectivity index (χ2n) is 7.50. The summed E-state index contributed by atoms with van der Waals surface area (Å²) in [6, 6.07) is 17.4. The molecule has 0 bridgehead atoms. The fourth-order valence-electron chi connectivity index (χ4n) is 3.37. The van der Waals surface area contributed by atoms with Gasteiger partial charge in [-0.3, -0.25) is 19.2 Å². The Labute approximate surface area is 215 Å². The molecule has 3 amide bonds. The molecular weight excluding hydrogens is 513 g/mol. The minimum atomic E-state index is -0.758. The fraction of sp³-hybridized carbons (Fsp3) is 0.0400. The van der Waals surface area contributed by atoms with Crippen LogP contribution in [0.1, 0.15) is 27.6 Å². The lowest BCUT2D eigenvalue weighted by molar-refractivity contribution is -0.120. The number of carbonyl (C=O) groups excluding carboxylic acids is 4. The Bertz CT molecular complexity index is 1420. The summed E-state index contributed by atoms with van der Waals surface area (Å²) in [7, 11) is 0. The van der Waals surface area contributed by atoms with Gasteiger partial charge in [-0.05, 0) is 61.5 Å². The van der Waals surface area contributed by atoms with E-state index in [2.05, 4.69) is 10.6 Å². The van der Waals surface area contributed by atoms with Gasteiger partial charge in [-0.1, -0.05) is 46.9 Å². The average Bonchev–Trinajstić information content (AvgIpc) is 3.04. The first-order valence-corrected chi connectivity index (χ1v) is 11.3. The second kappa shape index (κ2) is 9.92. The van der Waals surface area contributed by atoms with Gasteiger partial charge in [0, 0.05) is 22.5 Å². The van der Waals surface area contributed by atoms with Gasteiger partial charge in [0.15, 0.2) is 5.78 Å². The molecule has 7 nitrogen and oxygen atoms in total. The summed E-state index contributed by atoms with van der Waals surface area (Å²) in [6.45, 7) is 1.46. The Kier molecular flexibility index (Phi) is 6.93. The first-order valence-electron chi connectivity index (χ1n) is 10.2. The number of hydrogen-bond donors (Lipinski definition) is 2. The topological polar surface area (TPSA) is 95.6 Å². The van der Waals surface area contributed by atoms with Gasteiger partial charge in [-0.15, -0.1) is 0 Å². The van der Waals surface area contributed by atoms with Gasteiger partial charge in [-0.2, -0.15) is 0 Å². The van der Waals surface area contributed by atoms with Crippen LogP contribution >= 0.6 is 34.8 Å². The molecule has 1 aliphatic rings. The van der Waals surface area contributed by atoms with Gasteiger partial charge < -0.3 is 10.6 Å². The van der Waals surface area contributed by atoms with Crippen LogP contribution in [0.3, 0.4) is 0 Å². The molecule has 35 heavy (non-hydrogen) atoms. The number of Topliss-reactive ketones (excluding diaryl/α,β-unsaturated/α-hetero) is 1. The minimum absolute atomic E-state index is 0.0385. The van der Waals surface area contributed by atoms with Crippen LogP contribution in [0.25, 0.3) is 0 Å². The predicted octanol–water partition coefficient (Wildman–Crippen LogP) is 5.88. The number of benzene rings is 3. The number of halogens is 3. The zero-order valence-corrected chi connectivity index (χ0v) is 20.3. The van der Waals surface area contributed by atoms with Gasteiger partial charge >= 0.3 is 0 Å². The maximum Gasteiger partial charge on any atom is 0.283 e. The molecule has 0 aliphatic carbocycles. The summed E-state index contributed by atoms with van der Waals surface area (Å²) in [6.07, 6.45) is 0. The highest BCUT2D eigenvalue weighted by Gasteiger charge is 2.40. The molecule has 3 aromatic carbocycles. The maximum absolute atomic E-state index is 13.0. The highest BCUT2D eigenvalue weighted by atomic mass is 35.5. The summed E-state index contributed by atoms with van der Waals surface area (Å²) in [4.78, 5) is 50.7. The summed E-state index contributed by atoms with van der Waals surface area (Å²) in [5.74, 6) is -1.97. The third-order valence-electron chi connectivity index (χ3n) is 5.14. The van der Waals surface area contributed by atoms with Crippen molar-refractivity contribution in [1.82, 2.24) is 0 Å². The largest absolute Gasteiger partial charge is 0.350 e. The van der Waals surface area contributed by atoms with Gasteiger partial charge in [0.25, 0.3) is 17.7 Å². The van der Waals surface area contributed by atoms with Gasteiger partial charge in [0.2, 0.25) is 0 Å². The zero-order valence-electron chi connectivity index (χ0n) is 18.1. The Morgan fingerprint density at radius 3 is 2.17 bits per heavy atom. The fourth-order valence-corrected chi connectivity index (χ4v) is 3.96. The van der Waals surface area contributed by atoms with Crippen molar-refractivity contribution in [2.45, 2.75) is 6.92 Å². The molecule has 0 saturated heterocycles. The standard InChI is InChI=1S/C25H16Cl3N3O4/c1-13(32)14-8-10-16(11-9-14)30-23(33)15-4-2-5-17(12-15)29-22-21(28)24(34)31(25(22)35)19-7-3-6-18(26)20(19)27/h2-12,29H,1H3,(H,30,33). The van der Waals surface area contributed by atoms with Gasteiger partial charge in [0.05, 0.1) is 15.7 Å². The van der Waals surface area contributed by atoms with E-state index in [-0.39, 0.29) is 37.8 Å². The lowest BCUT2D eigenvalue weighted by atomic mass is 10.1. The van der Waals surface area contributed by atoms with Gasteiger partial charge in [-0.25, -0.2) is 4.90 Å². The van der Waals surface area contributed by atoms with Crippen molar-refractivity contribution >= 4 is 75.4 Å². The third-order valence-corrected chi connectivity index (χ3v) is 6.30. The number of amides is 3. The minimum Gasteiger partial charge on any atom is -0.350 e. The quantitative estimate of drug-likeness (QED) is 0.307. The first kappa shape index (κ1) is 24.5. The molecule has 0 radical (unpaired) electrons. The maximum atomic E-state index is 13.0. The van der Waals surface area contributed by atoms with Crippen LogP contribution in [0.5, 0.6) is 0 Å².